The van der Waals surface area contributed by atoms with Gasteiger partial charge in [0.05, 0.1) is 12.6 Å². The number of aryl methyl sites for hydroxylation is 1. The number of carbonyl (C=O) groups is 2. The number of carbonyl (C=O) groups excluding carboxylic acids is 1. The van der Waals surface area contributed by atoms with E-state index in [0.717, 1.165) is 29.3 Å². The van der Waals surface area contributed by atoms with Crippen LogP contribution in [0.5, 0.6) is 5.75 Å². The Morgan fingerprint density at radius 2 is 1.68 bits per heavy atom. The van der Waals surface area contributed by atoms with Crippen molar-refractivity contribution >= 4 is 34.4 Å². The van der Waals surface area contributed by atoms with Crippen LogP contribution in [0.4, 0.5) is 0 Å². The van der Waals surface area contributed by atoms with Crippen molar-refractivity contribution in [3.05, 3.63) is 64.8 Å². The fourth-order valence-electron chi connectivity index (χ4n) is 2.45. The molecule has 3 aromatic rings. The Hall–Kier alpha value is -2.79. The van der Waals surface area contributed by atoms with Gasteiger partial charge in [-0.1, -0.05) is 11.6 Å². The number of halogens is 1. The number of fused-ring (bicyclic) bond motifs is 1. The molecule has 0 radical (unpaired) electrons. The SMILES string of the molecule is CC(=O)O.COc1ccc2c(c1)cc(C)n2C(=O)c1ccc(Cl)cc1. The maximum Gasteiger partial charge on any atom is 0.300 e. The van der Waals surface area contributed by atoms with Crippen molar-refractivity contribution in [1.82, 2.24) is 4.57 Å². The number of ether oxygens (including phenoxy) is 1. The lowest BCUT2D eigenvalue weighted by atomic mass is 10.2. The van der Waals surface area contributed by atoms with Gasteiger partial charge < -0.3 is 9.84 Å². The highest BCUT2D eigenvalue weighted by Gasteiger charge is 2.15. The van der Waals surface area contributed by atoms with E-state index in [9.17, 15) is 4.79 Å². The van der Waals surface area contributed by atoms with Gasteiger partial charge in [0.2, 0.25) is 0 Å². The molecule has 1 aromatic heterocycles. The van der Waals surface area contributed by atoms with Crippen molar-refractivity contribution in [2.24, 2.45) is 0 Å². The zero-order valence-corrected chi connectivity index (χ0v) is 14.9. The van der Waals surface area contributed by atoms with Gasteiger partial charge >= 0.3 is 0 Å². The Balaban J connectivity index is 0.000000511. The number of aliphatic carboxylic acids is 1. The summed E-state index contributed by atoms with van der Waals surface area (Å²) in [6.45, 7) is 3.00. The first kappa shape index (κ1) is 18.5. The van der Waals surface area contributed by atoms with E-state index in [1.54, 1.807) is 35.9 Å². The third-order valence-corrected chi connectivity index (χ3v) is 3.74. The third-order valence-electron chi connectivity index (χ3n) is 3.49. The van der Waals surface area contributed by atoms with E-state index in [4.69, 9.17) is 26.2 Å². The molecule has 25 heavy (non-hydrogen) atoms. The molecule has 0 aliphatic carbocycles. The van der Waals surface area contributed by atoms with Gasteiger partial charge in [-0.25, -0.2) is 0 Å². The van der Waals surface area contributed by atoms with Crippen molar-refractivity contribution in [2.75, 3.05) is 7.11 Å². The third kappa shape index (κ3) is 4.39. The maximum absolute atomic E-state index is 12.7. The zero-order chi connectivity index (χ0) is 18.6. The molecule has 5 nitrogen and oxygen atoms in total. The number of rotatable bonds is 2. The van der Waals surface area contributed by atoms with E-state index >= 15 is 0 Å². The highest BCUT2D eigenvalue weighted by Crippen LogP contribution is 2.25. The van der Waals surface area contributed by atoms with E-state index in [1.165, 1.54) is 0 Å². The monoisotopic (exact) mass is 359 g/mol. The molecular formula is C19H18ClNO4. The summed E-state index contributed by atoms with van der Waals surface area (Å²) < 4.78 is 6.93. The van der Waals surface area contributed by atoms with E-state index < -0.39 is 5.97 Å². The van der Waals surface area contributed by atoms with Crippen LogP contribution in [0.1, 0.15) is 23.0 Å². The van der Waals surface area contributed by atoms with E-state index in [0.29, 0.717) is 10.6 Å². The molecule has 0 saturated heterocycles. The summed E-state index contributed by atoms with van der Waals surface area (Å²) in [4.78, 5) is 21.7. The molecule has 0 aliphatic rings. The number of carboxylic acids is 1. The molecule has 0 spiro atoms. The van der Waals surface area contributed by atoms with Crippen molar-refractivity contribution in [1.29, 1.82) is 0 Å². The lowest BCUT2D eigenvalue weighted by Crippen LogP contribution is -2.13. The maximum atomic E-state index is 12.7. The quantitative estimate of drug-likeness (QED) is 0.736. The van der Waals surface area contributed by atoms with Crippen molar-refractivity contribution in [2.45, 2.75) is 13.8 Å². The second kappa shape index (κ2) is 7.85. The predicted octanol–water partition coefficient (Wildman–Crippen LogP) is 4.39. The van der Waals surface area contributed by atoms with Crippen LogP contribution in [0, 0.1) is 6.92 Å². The molecule has 0 amide bonds. The highest BCUT2D eigenvalue weighted by atomic mass is 35.5. The van der Waals surface area contributed by atoms with Crippen LogP contribution in [-0.4, -0.2) is 28.7 Å². The minimum Gasteiger partial charge on any atom is -0.497 e. The summed E-state index contributed by atoms with van der Waals surface area (Å²) in [7, 11) is 1.63. The fourth-order valence-corrected chi connectivity index (χ4v) is 2.58. The molecule has 0 fully saturated rings. The molecule has 0 unspecified atom stereocenters. The average Bonchev–Trinajstić information content (AvgIpc) is 2.89. The molecule has 0 aliphatic heterocycles. The van der Waals surface area contributed by atoms with Crippen LogP contribution in [-0.2, 0) is 4.79 Å². The Morgan fingerprint density at radius 1 is 1.08 bits per heavy atom. The second-order valence-electron chi connectivity index (χ2n) is 5.38. The van der Waals surface area contributed by atoms with Crippen LogP contribution in [0.15, 0.2) is 48.5 Å². The number of benzene rings is 2. The number of methoxy groups -OCH3 is 1. The highest BCUT2D eigenvalue weighted by molar-refractivity contribution is 6.30. The Bertz CT molecular complexity index is 909. The molecule has 3 rings (SSSR count). The first-order valence-corrected chi connectivity index (χ1v) is 7.87. The number of carboxylic acid groups (broad SMARTS) is 1. The zero-order valence-electron chi connectivity index (χ0n) is 14.1. The van der Waals surface area contributed by atoms with Gasteiger partial charge in [0.25, 0.3) is 11.9 Å². The van der Waals surface area contributed by atoms with Gasteiger partial charge in [-0.15, -0.1) is 0 Å². The molecule has 0 saturated carbocycles. The minimum atomic E-state index is -0.833. The summed E-state index contributed by atoms with van der Waals surface area (Å²) in [6.07, 6.45) is 0. The first-order valence-electron chi connectivity index (χ1n) is 7.49. The Kier molecular flexibility index (Phi) is 5.83. The molecular weight excluding hydrogens is 342 g/mol. The number of hydrogen-bond acceptors (Lipinski definition) is 3. The van der Waals surface area contributed by atoms with Gasteiger partial charge in [0.1, 0.15) is 5.75 Å². The van der Waals surface area contributed by atoms with Crippen molar-refractivity contribution in [3.63, 3.8) is 0 Å². The summed E-state index contributed by atoms with van der Waals surface area (Å²) >= 11 is 5.87. The lowest BCUT2D eigenvalue weighted by molar-refractivity contribution is -0.134. The molecule has 0 atom stereocenters. The standard InChI is InChI=1S/C17H14ClNO2.C2H4O2/c1-11-9-13-10-15(21-2)7-8-16(13)19(11)17(20)12-3-5-14(18)6-4-12;1-2(3)4/h3-10H,1-2H3;1H3,(H,3,4). The fraction of sp³-hybridized carbons (Fsp3) is 0.158. The van der Waals surface area contributed by atoms with Crippen LogP contribution in [0.25, 0.3) is 10.9 Å². The smallest absolute Gasteiger partial charge is 0.300 e. The van der Waals surface area contributed by atoms with E-state index in [2.05, 4.69) is 0 Å². The largest absolute Gasteiger partial charge is 0.497 e. The lowest BCUT2D eigenvalue weighted by Gasteiger charge is -2.07. The summed E-state index contributed by atoms with van der Waals surface area (Å²) in [5, 5.41) is 9.01. The van der Waals surface area contributed by atoms with Crippen molar-refractivity contribution < 1.29 is 19.4 Å². The van der Waals surface area contributed by atoms with Crippen LogP contribution < -0.4 is 4.74 Å². The van der Waals surface area contributed by atoms with Crippen LogP contribution in [0.2, 0.25) is 5.02 Å². The molecule has 130 valence electrons. The van der Waals surface area contributed by atoms with Gasteiger partial charge in [-0.05, 0) is 55.5 Å². The molecule has 2 aromatic carbocycles. The normalized spacial score (nSPS) is 10.1. The molecule has 6 heteroatoms. The minimum absolute atomic E-state index is 0.0654. The van der Waals surface area contributed by atoms with Gasteiger partial charge in [0, 0.05) is 28.6 Å². The second-order valence-corrected chi connectivity index (χ2v) is 5.81. The Labute approximate surface area is 150 Å². The first-order chi connectivity index (χ1) is 11.8. The van der Waals surface area contributed by atoms with Gasteiger partial charge in [-0.3, -0.25) is 14.2 Å². The number of nitrogens with zero attached hydrogens (tertiary/aromatic N) is 1. The van der Waals surface area contributed by atoms with Crippen LogP contribution in [0.3, 0.4) is 0 Å². The molecule has 0 bridgehead atoms. The summed E-state index contributed by atoms with van der Waals surface area (Å²) in [6, 6.07) is 14.6. The molecule has 1 heterocycles. The van der Waals surface area contributed by atoms with E-state index in [1.807, 2.05) is 31.2 Å². The number of hydrogen-bond donors (Lipinski definition) is 1. The van der Waals surface area contributed by atoms with Gasteiger partial charge in [0.15, 0.2) is 0 Å². The van der Waals surface area contributed by atoms with Crippen molar-refractivity contribution in [3.8, 4) is 5.75 Å². The molecule has 1 N–H and O–H groups in total. The van der Waals surface area contributed by atoms with E-state index in [-0.39, 0.29) is 5.91 Å². The summed E-state index contributed by atoms with van der Waals surface area (Å²) in [5.74, 6) is -0.122. The van der Waals surface area contributed by atoms with Gasteiger partial charge in [-0.2, -0.15) is 0 Å². The summed E-state index contributed by atoms with van der Waals surface area (Å²) in [5.41, 5.74) is 2.36. The average molecular weight is 360 g/mol. The van der Waals surface area contributed by atoms with Crippen LogP contribution >= 0.6 is 11.6 Å². The predicted molar refractivity (Wildman–Crippen MR) is 97.7 cm³/mol. The topological polar surface area (TPSA) is 68.5 Å². The number of aromatic nitrogens is 1. The Morgan fingerprint density at radius 3 is 2.24 bits per heavy atom.